The lowest BCUT2D eigenvalue weighted by atomic mass is 10.1. The lowest BCUT2D eigenvalue weighted by Crippen LogP contribution is -2.25. The molecule has 3 rings (SSSR count). The number of hydrazone groups is 1. The molecule has 2 aromatic carbocycles. The quantitative estimate of drug-likeness (QED) is 0.876. The fourth-order valence-corrected chi connectivity index (χ4v) is 3.78. The molecule has 0 saturated carbocycles. The van der Waals surface area contributed by atoms with Gasteiger partial charge >= 0.3 is 0 Å². The first kappa shape index (κ1) is 19.0. The number of benzene rings is 2. The third-order valence-electron chi connectivity index (χ3n) is 4.07. The van der Waals surface area contributed by atoms with Gasteiger partial charge in [0, 0.05) is 13.8 Å². The van der Waals surface area contributed by atoms with Crippen molar-refractivity contribution in [1.82, 2.24) is 10.3 Å². The second-order valence-electron chi connectivity index (χ2n) is 6.20. The first-order valence-electron chi connectivity index (χ1n) is 8.54. The summed E-state index contributed by atoms with van der Waals surface area (Å²) in [6.07, 6.45) is 0. The highest BCUT2D eigenvalue weighted by molar-refractivity contribution is 8.14. The third-order valence-corrected chi connectivity index (χ3v) is 5.17. The maximum atomic E-state index is 11.9. The lowest BCUT2D eigenvalue weighted by Gasteiger charge is -2.19. The van der Waals surface area contributed by atoms with Crippen molar-refractivity contribution in [3.05, 3.63) is 65.2 Å². The molecule has 1 heterocycles. The molecule has 0 saturated heterocycles. The summed E-state index contributed by atoms with van der Waals surface area (Å²) in [5, 5.41) is 8.31. The number of carbonyl (C=O) groups is 2. The van der Waals surface area contributed by atoms with E-state index in [-0.39, 0.29) is 17.2 Å². The minimum absolute atomic E-state index is 0.187. The monoisotopic (exact) mass is 383 g/mol. The number of hydrogen-bond acceptors (Lipinski definition) is 5. The molecule has 0 fully saturated rings. The summed E-state index contributed by atoms with van der Waals surface area (Å²) in [5.74, 6) is 0.348. The Kier molecular flexibility index (Phi) is 5.81. The maximum absolute atomic E-state index is 11.9. The van der Waals surface area contributed by atoms with Gasteiger partial charge < -0.3 is 10.1 Å². The number of aryl methyl sites for hydroxylation is 1. The number of hydrogen-bond donors (Lipinski definition) is 1. The number of carbonyl (C=O) groups excluding carboxylic acids is 2. The topological polar surface area (TPSA) is 71.0 Å². The molecule has 27 heavy (non-hydrogen) atoms. The zero-order chi connectivity index (χ0) is 19.4. The fraction of sp³-hybridized carbons (Fsp3) is 0.250. The van der Waals surface area contributed by atoms with Crippen LogP contribution in [0, 0.1) is 6.92 Å². The summed E-state index contributed by atoms with van der Waals surface area (Å²) >= 11 is 1.33. The van der Waals surface area contributed by atoms with Crippen LogP contribution >= 0.6 is 11.8 Å². The van der Waals surface area contributed by atoms with Gasteiger partial charge in [0.1, 0.15) is 17.7 Å². The van der Waals surface area contributed by atoms with Gasteiger partial charge in [-0.25, -0.2) is 5.01 Å². The van der Waals surface area contributed by atoms with Crippen LogP contribution in [-0.2, 0) is 16.2 Å². The van der Waals surface area contributed by atoms with Crippen LogP contribution in [0.1, 0.15) is 35.9 Å². The van der Waals surface area contributed by atoms with E-state index in [1.54, 1.807) is 0 Å². The zero-order valence-electron chi connectivity index (χ0n) is 15.4. The average Bonchev–Trinajstić information content (AvgIpc) is 3.05. The highest BCUT2D eigenvalue weighted by Crippen LogP contribution is 2.39. The molecule has 0 spiro atoms. The number of amides is 2. The molecule has 1 aliphatic heterocycles. The molecule has 6 nitrogen and oxygen atoms in total. The predicted molar refractivity (Wildman–Crippen MR) is 106 cm³/mol. The number of thioether (sulfide) groups is 1. The molecule has 7 heteroatoms. The third kappa shape index (κ3) is 4.68. The van der Waals surface area contributed by atoms with Crippen molar-refractivity contribution in [2.24, 2.45) is 5.10 Å². The summed E-state index contributed by atoms with van der Waals surface area (Å²) in [6.45, 7) is 5.42. The van der Waals surface area contributed by atoms with E-state index in [4.69, 9.17) is 4.74 Å². The van der Waals surface area contributed by atoms with E-state index in [0.717, 1.165) is 16.9 Å². The molecule has 1 N–H and O–H groups in total. The first-order chi connectivity index (χ1) is 12.9. The van der Waals surface area contributed by atoms with Crippen LogP contribution < -0.4 is 10.1 Å². The van der Waals surface area contributed by atoms with Crippen LogP contribution in [0.4, 0.5) is 0 Å². The van der Waals surface area contributed by atoms with Gasteiger partial charge in [-0.3, -0.25) is 9.59 Å². The van der Waals surface area contributed by atoms with Crippen molar-refractivity contribution in [2.75, 3.05) is 0 Å². The standard InChI is InChI=1S/C20H21N3O3S/c1-13-6-4-5-7-17(13)12-26-18-10-8-16(9-11-18)19-23(15(3)25)22-20(27-19)21-14(2)24/h4-11,19H,12H2,1-3H3,(H,21,22,24). The molecule has 0 bridgehead atoms. The molecule has 140 valence electrons. The molecule has 2 aromatic rings. The van der Waals surface area contributed by atoms with Gasteiger partial charge in [0.05, 0.1) is 0 Å². The van der Waals surface area contributed by atoms with Crippen molar-refractivity contribution in [3.63, 3.8) is 0 Å². The van der Waals surface area contributed by atoms with E-state index in [0.29, 0.717) is 11.8 Å². The Morgan fingerprint density at radius 2 is 1.85 bits per heavy atom. The Morgan fingerprint density at radius 3 is 2.48 bits per heavy atom. The Morgan fingerprint density at radius 1 is 1.15 bits per heavy atom. The Hall–Kier alpha value is -2.80. The Labute approximate surface area is 162 Å². The van der Waals surface area contributed by atoms with Crippen molar-refractivity contribution in [3.8, 4) is 5.75 Å². The molecular weight excluding hydrogens is 362 g/mol. The number of rotatable bonds is 4. The van der Waals surface area contributed by atoms with Crippen LogP contribution in [0.5, 0.6) is 5.75 Å². The molecule has 0 aromatic heterocycles. The smallest absolute Gasteiger partial charge is 0.241 e. The van der Waals surface area contributed by atoms with Crippen molar-refractivity contribution >= 4 is 28.7 Å². The fourth-order valence-electron chi connectivity index (χ4n) is 2.64. The van der Waals surface area contributed by atoms with Crippen LogP contribution in [0.25, 0.3) is 0 Å². The van der Waals surface area contributed by atoms with Gasteiger partial charge in [0.2, 0.25) is 11.8 Å². The van der Waals surface area contributed by atoms with Crippen LogP contribution in [0.15, 0.2) is 53.6 Å². The maximum Gasteiger partial charge on any atom is 0.241 e. The van der Waals surface area contributed by atoms with Crippen molar-refractivity contribution < 1.29 is 14.3 Å². The van der Waals surface area contributed by atoms with E-state index < -0.39 is 0 Å². The number of amidine groups is 1. The predicted octanol–water partition coefficient (Wildman–Crippen LogP) is 3.58. The van der Waals surface area contributed by atoms with Crippen molar-refractivity contribution in [1.29, 1.82) is 0 Å². The zero-order valence-corrected chi connectivity index (χ0v) is 16.2. The lowest BCUT2D eigenvalue weighted by molar-refractivity contribution is -0.129. The van der Waals surface area contributed by atoms with E-state index >= 15 is 0 Å². The van der Waals surface area contributed by atoms with Crippen molar-refractivity contribution in [2.45, 2.75) is 32.8 Å². The van der Waals surface area contributed by atoms with E-state index in [9.17, 15) is 9.59 Å². The second-order valence-corrected chi connectivity index (χ2v) is 7.27. The molecule has 2 amide bonds. The van der Waals surface area contributed by atoms with Gasteiger partial charge in [-0.05, 0) is 35.7 Å². The van der Waals surface area contributed by atoms with E-state index in [1.165, 1.54) is 36.2 Å². The average molecular weight is 383 g/mol. The van der Waals surface area contributed by atoms with Crippen LogP contribution in [0.3, 0.4) is 0 Å². The molecular formula is C20H21N3O3S. The molecule has 1 atom stereocenters. The Balaban J connectivity index is 1.68. The molecule has 0 radical (unpaired) electrons. The molecule has 0 aliphatic carbocycles. The van der Waals surface area contributed by atoms with Gasteiger partial charge in [0.15, 0.2) is 5.17 Å². The minimum atomic E-state index is -0.310. The number of nitrogens with zero attached hydrogens (tertiary/aromatic N) is 2. The summed E-state index contributed by atoms with van der Waals surface area (Å²) in [7, 11) is 0. The summed E-state index contributed by atoms with van der Waals surface area (Å²) < 4.78 is 5.87. The number of ether oxygens (including phenoxy) is 1. The summed E-state index contributed by atoms with van der Waals surface area (Å²) in [6, 6.07) is 15.7. The highest BCUT2D eigenvalue weighted by atomic mass is 32.2. The van der Waals surface area contributed by atoms with Gasteiger partial charge in [-0.15, -0.1) is 5.10 Å². The summed E-state index contributed by atoms with van der Waals surface area (Å²) in [4.78, 5) is 23.1. The normalized spacial score (nSPS) is 16.0. The first-order valence-corrected chi connectivity index (χ1v) is 9.42. The second kappa shape index (κ2) is 8.26. The SMILES string of the molecule is CC(=O)NC1=NN(C(C)=O)C(c2ccc(OCc3ccccc3C)cc2)S1. The van der Waals surface area contributed by atoms with Gasteiger partial charge in [0.25, 0.3) is 0 Å². The Bertz CT molecular complexity index is 880. The van der Waals surface area contributed by atoms with Crippen LogP contribution in [-0.4, -0.2) is 22.0 Å². The van der Waals surface area contributed by atoms with E-state index in [1.807, 2.05) is 42.5 Å². The van der Waals surface area contributed by atoms with Gasteiger partial charge in [-0.1, -0.05) is 48.2 Å². The summed E-state index contributed by atoms with van der Waals surface area (Å²) in [5.41, 5.74) is 3.24. The van der Waals surface area contributed by atoms with Gasteiger partial charge in [-0.2, -0.15) is 0 Å². The molecule has 1 unspecified atom stereocenters. The number of nitrogens with one attached hydrogen (secondary N) is 1. The largest absolute Gasteiger partial charge is 0.489 e. The van der Waals surface area contributed by atoms with Crippen LogP contribution in [0.2, 0.25) is 0 Å². The molecule has 1 aliphatic rings. The minimum Gasteiger partial charge on any atom is -0.489 e. The highest BCUT2D eigenvalue weighted by Gasteiger charge is 2.32. The van der Waals surface area contributed by atoms with E-state index in [2.05, 4.69) is 23.4 Å².